The Hall–Kier alpha value is -0.380. The van der Waals surface area contributed by atoms with E-state index in [2.05, 4.69) is 32.2 Å². The van der Waals surface area contributed by atoms with Crippen molar-refractivity contribution in [2.75, 3.05) is 7.11 Å². The van der Waals surface area contributed by atoms with E-state index in [0.29, 0.717) is 0 Å². The van der Waals surface area contributed by atoms with Crippen LogP contribution in [0.3, 0.4) is 0 Å². The zero-order chi connectivity index (χ0) is 12.2. The van der Waals surface area contributed by atoms with Crippen molar-refractivity contribution < 1.29 is 9.84 Å². The Bertz CT molecular complexity index is 287. The number of methoxy groups -OCH3 is 1. The van der Waals surface area contributed by atoms with E-state index in [-0.39, 0.29) is 11.5 Å². The van der Waals surface area contributed by atoms with Crippen molar-refractivity contribution in [1.29, 1.82) is 0 Å². The fourth-order valence-electron chi connectivity index (χ4n) is 1.98. The van der Waals surface area contributed by atoms with Gasteiger partial charge in [-0.1, -0.05) is 26.8 Å². The minimum Gasteiger partial charge on any atom is -0.390 e. The van der Waals surface area contributed by atoms with Gasteiger partial charge in [0, 0.05) is 12.0 Å². The van der Waals surface area contributed by atoms with Gasteiger partial charge in [-0.3, -0.25) is 0 Å². The lowest BCUT2D eigenvalue weighted by atomic mass is 9.84. The number of aryl methyl sites for hydroxylation is 1. The van der Waals surface area contributed by atoms with Crippen molar-refractivity contribution in [2.24, 2.45) is 5.41 Å². The fraction of sp³-hybridized carbons (Fsp3) is 0.692. The molecule has 1 rings (SSSR count). The standard InChI is InChI=1S/C13H22O2S/c1-13(2,3)12(15-4)11(14)8-7-10-6-5-9-16-10/h5-6,9,11-12,14H,7-8H2,1-4H3. The molecule has 1 heterocycles. The number of hydrogen-bond donors (Lipinski definition) is 1. The summed E-state index contributed by atoms with van der Waals surface area (Å²) in [5, 5.41) is 12.2. The average molecular weight is 242 g/mol. The highest BCUT2D eigenvalue weighted by atomic mass is 32.1. The number of rotatable bonds is 5. The summed E-state index contributed by atoms with van der Waals surface area (Å²) in [5.41, 5.74) is -0.0242. The molecule has 0 spiro atoms. The first kappa shape index (κ1) is 13.7. The Morgan fingerprint density at radius 3 is 2.56 bits per heavy atom. The molecule has 0 aliphatic heterocycles. The maximum Gasteiger partial charge on any atom is 0.0878 e. The van der Waals surface area contributed by atoms with E-state index in [1.54, 1.807) is 18.4 Å². The summed E-state index contributed by atoms with van der Waals surface area (Å²) in [5.74, 6) is 0. The maximum absolute atomic E-state index is 10.1. The molecule has 0 fully saturated rings. The van der Waals surface area contributed by atoms with E-state index < -0.39 is 6.10 Å². The molecule has 1 aromatic rings. The first-order valence-electron chi connectivity index (χ1n) is 5.68. The number of hydrogen-bond acceptors (Lipinski definition) is 3. The second-order valence-electron chi connectivity index (χ2n) is 5.21. The Morgan fingerprint density at radius 2 is 2.12 bits per heavy atom. The summed E-state index contributed by atoms with van der Waals surface area (Å²) in [6, 6.07) is 4.15. The molecule has 1 aromatic heterocycles. The molecular formula is C13H22O2S. The quantitative estimate of drug-likeness (QED) is 0.859. The van der Waals surface area contributed by atoms with Crippen LogP contribution in [0.25, 0.3) is 0 Å². The van der Waals surface area contributed by atoms with Crippen LogP contribution in [-0.2, 0) is 11.2 Å². The minimum atomic E-state index is -0.396. The van der Waals surface area contributed by atoms with Gasteiger partial charge < -0.3 is 9.84 Å². The molecule has 0 aromatic carbocycles. The summed E-state index contributed by atoms with van der Waals surface area (Å²) in [4.78, 5) is 1.32. The second-order valence-corrected chi connectivity index (χ2v) is 6.24. The molecule has 0 aliphatic rings. The minimum absolute atomic E-state index is 0.0242. The van der Waals surface area contributed by atoms with Crippen LogP contribution in [0.5, 0.6) is 0 Å². The molecule has 0 amide bonds. The van der Waals surface area contributed by atoms with Crippen LogP contribution in [0, 0.1) is 5.41 Å². The predicted molar refractivity (Wildman–Crippen MR) is 68.9 cm³/mol. The zero-order valence-corrected chi connectivity index (χ0v) is 11.4. The van der Waals surface area contributed by atoms with Gasteiger partial charge in [0.1, 0.15) is 0 Å². The molecule has 3 heteroatoms. The van der Waals surface area contributed by atoms with Crippen molar-refractivity contribution in [3.63, 3.8) is 0 Å². The third kappa shape index (κ3) is 3.89. The Kier molecular flexibility index (Phi) is 4.96. The van der Waals surface area contributed by atoms with Gasteiger partial charge in [-0.15, -0.1) is 11.3 Å². The SMILES string of the molecule is COC(C(O)CCc1cccs1)C(C)(C)C. The molecule has 92 valence electrons. The summed E-state index contributed by atoms with van der Waals surface area (Å²) >= 11 is 1.74. The van der Waals surface area contributed by atoms with E-state index in [0.717, 1.165) is 12.8 Å². The van der Waals surface area contributed by atoms with Gasteiger partial charge >= 0.3 is 0 Å². The molecule has 0 saturated heterocycles. The normalized spacial score (nSPS) is 16.1. The zero-order valence-electron chi connectivity index (χ0n) is 10.6. The number of aliphatic hydroxyl groups excluding tert-OH is 1. The van der Waals surface area contributed by atoms with Crippen molar-refractivity contribution in [3.8, 4) is 0 Å². The van der Waals surface area contributed by atoms with E-state index >= 15 is 0 Å². The molecule has 2 nitrogen and oxygen atoms in total. The van der Waals surface area contributed by atoms with E-state index in [9.17, 15) is 5.11 Å². The van der Waals surface area contributed by atoms with Gasteiger partial charge in [0.2, 0.25) is 0 Å². The lowest BCUT2D eigenvalue weighted by Gasteiger charge is -2.33. The van der Waals surface area contributed by atoms with Crippen molar-refractivity contribution >= 4 is 11.3 Å². The summed E-state index contributed by atoms with van der Waals surface area (Å²) in [6.07, 6.45) is 1.19. The lowest BCUT2D eigenvalue weighted by molar-refractivity contribution is -0.0728. The first-order chi connectivity index (χ1) is 7.45. The van der Waals surface area contributed by atoms with E-state index in [1.165, 1.54) is 4.88 Å². The van der Waals surface area contributed by atoms with Gasteiger partial charge in [0.15, 0.2) is 0 Å². The van der Waals surface area contributed by atoms with Gasteiger partial charge in [0.25, 0.3) is 0 Å². The molecular weight excluding hydrogens is 220 g/mol. The average Bonchev–Trinajstić information content (AvgIpc) is 2.65. The molecule has 0 bridgehead atoms. The smallest absolute Gasteiger partial charge is 0.0878 e. The fourth-order valence-corrected chi connectivity index (χ4v) is 2.71. The Morgan fingerprint density at radius 1 is 1.44 bits per heavy atom. The Balaban J connectivity index is 2.47. The molecule has 1 N–H and O–H groups in total. The number of ether oxygens (including phenoxy) is 1. The summed E-state index contributed by atoms with van der Waals surface area (Å²) in [6.45, 7) is 6.28. The van der Waals surface area contributed by atoms with Crippen molar-refractivity contribution in [2.45, 2.75) is 45.8 Å². The van der Waals surface area contributed by atoms with Crippen molar-refractivity contribution in [3.05, 3.63) is 22.4 Å². The van der Waals surface area contributed by atoms with Crippen molar-refractivity contribution in [1.82, 2.24) is 0 Å². The van der Waals surface area contributed by atoms with E-state index in [4.69, 9.17) is 4.74 Å². The summed E-state index contributed by atoms with van der Waals surface area (Å²) in [7, 11) is 1.67. The first-order valence-corrected chi connectivity index (χ1v) is 6.56. The Labute approximate surface area is 102 Å². The van der Waals surface area contributed by atoms with Crippen LogP contribution < -0.4 is 0 Å². The van der Waals surface area contributed by atoms with Gasteiger partial charge in [-0.2, -0.15) is 0 Å². The molecule has 16 heavy (non-hydrogen) atoms. The van der Waals surface area contributed by atoms with E-state index in [1.807, 2.05) is 6.07 Å². The highest BCUT2D eigenvalue weighted by Crippen LogP contribution is 2.26. The largest absolute Gasteiger partial charge is 0.390 e. The molecule has 2 atom stereocenters. The summed E-state index contributed by atoms with van der Waals surface area (Å²) < 4.78 is 5.40. The number of thiophene rings is 1. The van der Waals surface area contributed by atoms with Gasteiger partial charge in [0.05, 0.1) is 12.2 Å². The monoisotopic (exact) mass is 242 g/mol. The molecule has 2 unspecified atom stereocenters. The highest BCUT2D eigenvalue weighted by molar-refractivity contribution is 7.09. The third-order valence-corrected chi connectivity index (χ3v) is 3.66. The highest BCUT2D eigenvalue weighted by Gasteiger charge is 2.30. The van der Waals surface area contributed by atoms with Crippen LogP contribution in [-0.4, -0.2) is 24.4 Å². The van der Waals surface area contributed by atoms with Crippen LogP contribution in [0.4, 0.5) is 0 Å². The van der Waals surface area contributed by atoms with Crippen LogP contribution in [0.2, 0.25) is 0 Å². The number of aliphatic hydroxyl groups is 1. The topological polar surface area (TPSA) is 29.5 Å². The molecule has 0 aliphatic carbocycles. The van der Waals surface area contributed by atoms with Crippen LogP contribution >= 0.6 is 11.3 Å². The molecule has 0 radical (unpaired) electrons. The third-order valence-electron chi connectivity index (χ3n) is 2.72. The maximum atomic E-state index is 10.1. The van der Waals surface area contributed by atoms with Crippen LogP contribution in [0.15, 0.2) is 17.5 Å². The van der Waals surface area contributed by atoms with Gasteiger partial charge in [-0.05, 0) is 29.7 Å². The lowest BCUT2D eigenvalue weighted by Crippen LogP contribution is -2.39. The van der Waals surface area contributed by atoms with Gasteiger partial charge in [-0.25, -0.2) is 0 Å². The predicted octanol–water partition coefficient (Wildman–Crippen LogP) is 3.10. The van der Waals surface area contributed by atoms with Crippen LogP contribution in [0.1, 0.15) is 32.1 Å². The second kappa shape index (κ2) is 5.80. The molecule has 0 saturated carbocycles.